The zero-order valence-electron chi connectivity index (χ0n) is 12.9. The summed E-state index contributed by atoms with van der Waals surface area (Å²) >= 11 is -1.13. The molecule has 0 radical (unpaired) electrons. The molecule has 5 rings (SSSR count). The topological polar surface area (TPSA) is 46.2 Å². The number of thioether (sulfide) groups is 1. The molecule has 24 heavy (non-hydrogen) atoms. The number of allylic oxidation sites excluding steroid dienone is 1. The van der Waals surface area contributed by atoms with E-state index in [4.69, 9.17) is 0 Å². The minimum absolute atomic E-state index is 0.0957. The molecule has 3 aliphatic rings. The first-order valence-electron chi connectivity index (χ1n) is 8.10. The second kappa shape index (κ2) is 5.53. The number of rotatable bonds is 3. The van der Waals surface area contributed by atoms with Crippen molar-refractivity contribution >= 4 is 53.7 Å². The minimum atomic E-state index is -2.33. The number of imide groups is 1. The zero-order chi connectivity index (χ0) is 16.3. The van der Waals surface area contributed by atoms with Gasteiger partial charge in [0, 0.05) is 0 Å². The number of benzene rings is 2. The number of carbonyl (C=O) groups excluding carboxylic acids is 2. The molecule has 2 bridgehead atoms. The first-order valence-corrected chi connectivity index (χ1v) is 14.2. The molecule has 2 atom stereocenters. The van der Waals surface area contributed by atoms with E-state index in [1.54, 1.807) is 3.33 Å². The number of fused-ring (bicyclic) bond motifs is 1. The summed E-state index contributed by atoms with van der Waals surface area (Å²) in [6, 6.07) is 17.2. The van der Waals surface area contributed by atoms with Gasteiger partial charge in [0.1, 0.15) is 0 Å². The van der Waals surface area contributed by atoms with Crippen molar-refractivity contribution in [3.05, 3.63) is 68.6 Å². The first kappa shape index (κ1) is 14.8. The Hall–Kier alpha value is -1.46. The van der Waals surface area contributed by atoms with Crippen LogP contribution in [-0.2, 0) is 11.2 Å². The summed E-state index contributed by atoms with van der Waals surface area (Å²) in [5.74, 6) is -0.0957. The molecule has 0 aliphatic carbocycles. The second-order valence-electron chi connectivity index (χ2n) is 6.59. The van der Waals surface area contributed by atoms with Gasteiger partial charge in [-0.2, -0.15) is 0 Å². The molecule has 3 heterocycles. The molecular formula is C19H14InNO2S. The van der Waals surface area contributed by atoms with Crippen LogP contribution in [0.25, 0.3) is 6.08 Å². The van der Waals surface area contributed by atoms with Crippen LogP contribution in [-0.4, -0.2) is 37.8 Å². The Labute approximate surface area is 152 Å². The summed E-state index contributed by atoms with van der Waals surface area (Å²) in [6.07, 6.45) is 3.34. The van der Waals surface area contributed by atoms with Crippen LogP contribution in [0.3, 0.4) is 0 Å². The third kappa shape index (κ3) is 2.21. The van der Waals surface area contributed by atoms with Crippen LogP contribution >= 0.6 is 11.8 Å². The van der Waals surface area contributed by atoms with Gasteiger partial charge >= 0.3 is 153 Å². The van der Waals surface area contributed by atoms with Gasteiger partial charge in [0.15, 0.2) is 0 Å². The number of nitrogens with one attached hydrogen (secondary N) is 1. The van der Waals surface area contributed by atoms with E-state index >= 15 is 0 Å². The third-order valence-corrected chi connectivity index (χ3v) is 18.0. The van der Waals surface area contributed by atoms with Gasteiger partial charge in [0.25, 0.3) is 0 Å². The van der Waals surface area contributed by atoms with Gasteiger partial charge in [0.05, 0.1) is 0 Å². The van der Waals surface area contributed by atoms with Gasteiger partial charge < -0.3 is 0 Å². The van der Waals surface area contributed by atoms with Gasteiger partial charge in [0.2, 0.25) is 0 Å². The van der Waals surface area contributed by atoms with E-state index in [1.165, 1.54) is 31.8 Å². The molecule has 5 heteroatoms. The van der Waals surface area contributed by atoms with Crippen LogP contribution in [0.15, 0.2) is 51.9 Å². The molecule has 1 fully saturated rings. The van der Waals surface area contributed by atoms with E-state index < -0.39 is 21.4 Å². The fourth-order valence-corrected chi connectivity index (χ4v) is 18.5. The van der Waals surface area contributed by atoms with Gasteiger partial charge in [-0.3, -0.25) is 0 Å². The average molecular weight is 435 g/mol. The Kier molecular flexibility index (Phi) is 3.42. The number of hydrogen-bond acceptors (Lipinski definition) is 3. The molecule has 2 aromatic carbocycles. The molecule has 0 saturated carbocycles. The molecular weight excluding hydrogens is 421 g/mol. The van der Waals surface area contributed by atoms with E-state index in [-0.39, 0.29) is 20.1 Å². The molecule has 0 aromatic heterocycles. The molecule has 2 amide bonds. The van der Waals surface area contributed by atoms with E-state index in [9.17, 15) is 9.59 Å². The van der Waals surface area contributed by atoms with Crippen LogP contribution in [0.4, 0.5) is 4.79 Å². The Morgan fingerprint density at radius 2 is 1.92 bits per heavy atom. The molecule has 3 aliphatic heterocycles. The van der Waals surface area contributed by atoms with Crippen molar-refractivity contribution in [2.45, 2.75) is 15.3 Å². The van der Waals surface area contributed by atoms with Crippen LogP contribution in [0.1, 0.15) is 20.4 Å². The van der Waals surface area contributed by atoms with Crippen molar-refractivity contribution < 1.29 is 9.59 Å². The molecule has 3 nitrogen and oxygen atoms in total. The molecule has 0 spiro atoms. The molecule has 1 saturated heterocycles. The van der Waals surface area contributed by atoms with E-state index in [1.807, 2.05) is 6.07 Å². The maximum absolute atomic E-state index is 12.3. The molecule has 116 valence electrons. The van der Waals surface area contributed by atoms with Crippen LogP contribution < -0.4 is 8.64 Å². The fraction of sp³-hybridized carbons (Fsp3) is 0.158. The molecule has 1 N–H and O–H groups in total. The van der Waals surface area contributed by atoms with Gasteiger partial charge in [-0.25, -0.2) is 0 Å². The quantitative estimate of drug-likeness (QED) is 0.807. The van der Waals surface area contributed by atoms with Crippen molar-refractivity contribution in [3.8, 4) is 0 Å². The SMILES string of the molecule is O=C1NC(=O)C([CH]2c3ccc4[c](c3)[In]2[C](Cc2ccccc2)=C4)S1. The Bertz CT molecular complexity index is 909. The van der Waals surface area contributed by atoms with Crippen LogP contribution in [0.2, 0.25) is 0 Å². The summed E-state index contributed by atoms with van der Waals surface area (Å²) in [5, 5.41) is 2.05. The number of carbonyl (C=O) groups is 2. The Morgan fingerprint density at radius 3 is 2.67 bits per heavy atom. The fourth-order valence-electron chi connectivity index (χ4n) is 4.26. The van der Waals surface area contributed by atoms with E-state index in [0.717, 1.165) is 6.42 Å². The van der Waals surface area contributed by atoms with Gasteiger partial charge in [-0.05, 0) is 0 Å². The molecule has 2 aromatic rings. The number of amides is 2. The summed E-state index contributed by atoms with van der Waals surface area (Å²) in [4.78, 5) is 24.0. The predicted octanol–water partition coefficient (Wildman–Crippen LogP) is 2.56. The zero-order valence-corrected chi connectivity index (χ0v) is 17.0. The Morgan fingerprint density at radius 1 is 1.08 bits per heavy atom. The van der Waals surface area contributed by atoms with E-state index in [2.05, 4.69) is 53.9 Å². The predicted molar refractivity (Wildman–Crippen MR) is 97.6 cm³/mol. The van der Waals surface area contributed by atoms with Gasteiger partial charge in [-0.15, -0.1) is 0 Å². The van der Waals surface area contributed by atoms with Crippen molar-refractivity contribution in [1.82, 2.24) is 5.32 Å². The third-order valence-electron chi connectivity index (χ3n) is 5.23. The molecule has 2 unspecified atom stereocenters. The summed E-state index contributed by atoms with van der Waals surface area (Å²) in [5.41, 5.74) is 3.95. The summed E-state index contributed by atoms with van der Waals surface area (Å²) in [7, 11) is 0. The standard InChI is InChI=1S/C19H14NO2S.In/c21-18-17(23-19(22)20-18)13-16-11-9-15(10-12-16)8-4-7-14-5-2-1-3-6-14;/h1-3,5-6,8-9,11-13,17H,7H2,(H,20,21,22);. The number of hydrogen-bond donors (Lipinski definition) is 1. The normalized spacial score (nSPS) is 23.7. The average Bonchev–Trinajstić information content (AvgIpc) is 3.18. The summed E-state index contributed by atoms with van der Waals surface area (Å²) < 4.78 is 3.35. The second-order valence-corrected chi connectivity index (χ2v) is 16.4. The van der Waals surface area contributed by atoms with Crippen LogP contribution in [0.5, 0.6) is 0 Å². The van der Waals surface area contributed by atoms with Crippen molar-refractivity contribution in [2.75, 3.05) is 0 Å². The Balaban J connectivity index is 1.53. The van der Waals surface area contributed by atoms with Crippen molar-refractivity contribution in [2.24, 2.45) is 0 Å². The van der Waals surface area contributed by atoms with Crippen LogP contribution in [0, 0.1) is 0 Å². The summed E-state index contributed by atoms with van der Waals surface area (Å²) in [6.45, 7) is 0. The van der Waals surface area contributed by atoms with Crippen molar-refractivity contribution in [3.63, 3.8) is 0 Å². The van der Waals surface area contributed by atoms with Crippen molar-refractivity contribution in [1.29, 1.82) is 0 Å². The van der Waals surface area contributed by atoms with E-state index in [0.29, 0.717) is 0 Å². The first-order chi connectivity index (χ1) is 11.7. The monoisotopic (exact) mass is 435 g/mol. The van der Waals surface area contributed by atoms with Gasteiger partial charge in [-0.1, -0.05) is 0 Å². The maximum atomic E-state index is 12.3.